The van der Waals surface area contributed by atoms with Crippen molar-refractivity contribution in [2.75, 3.05) is 49.1 Å². The van der Waals surface area contributed by atoms with Crippen molar-refractivity contribution in [3.05, 3.63) is 24.3 Å². The normalized spacial score (nSPS) is 23.9. The number of phenols is 1. The van der Waals surface area contributed by atoms with E-state index in [-0.39, 0.29) is 35.2 Å². The molecule has 2 fully saturated rings. The van der Waals surface area contributed by atoms with Crippen LogP contribution >= 0.6 is 0 Å². The molecule has 150 valence electrons. The van der Waals surface area contributed by atoms with Crippen LogP contribution in [0.3, 0.4) is 0 Å². The quantitative estimate of drug-likeness (QED) is 0.703. The summed E-state index contributed by atoms with van der Waals surface area (Å²) < 4.78 is 23.6. The predicted octanol–water partition coefficient (Wildman–Crippen LogP) is -0.479. The lowest BCUT2D eigenvalue weighted by atomic mass is 10.1. The molecule has 2 heterocycles. The number of piperazine rings is 1. The highest BCUT2D eigenvalue weighted by Crippen LogP contribution is 2.26. The van der Waals surface area contributed by atoms with Gasteiger partial charge in [-0.05, 0) is 32.4 Å². The van der Waals surface area contributed by atoms with Gasteiger partial charge in [0.15, 0.2) is 15.9 Å². The Kier molecular flexibility index (Phi) is 5.95. The van der Waals surface area contributed by atoms with Gasteiger partial charge >= 0.3 is 0 Å². The molecule has 0 aromatic heterocycles. The monoisotopic (exact) mass is 396 g/mol. The SMILES string of the molecule is CCN(C(=O)[C@H](C)[NH+]1CCN(c2ccccc2O)CC1)[C@@H]1CCS(=O)(=O)C1. The minimum Gasteiger partial charge on any atom is -0.506 e. The van der Waals surface area contributed by atoms with Gasteiger partial charge in [-0.15, -0.1) is 0 Å². The van der Waals surface area contributed by atoms with Crippen LogP contribution in [-0.4, -0.2) is 80.6 Å². The fraction of sp³-hybridized carbons (Fsp3) is 0.632. The number of likely N-dealkylation sites (N-methyl/N-ethyl adjacent to an activating group) is 1. The van der Waals surface area contributed by atoms with E-state index in [1.165, 1.54) is 4.90 Å². The summed E-state index contributed by atoms with van der Waals surface area (Å²) in [6, 6.07) is 6.94. The van der Waals surface area contributed by atoms with Crippen molar-refractivity contribution < 1.29 is 23.2 Å². The number of hydrogen-bond donors (Lipinski definition) is 2. The Labute approximate surface area is 161 Å². The molecule has 3 rings (SSSR count). The highest BCUT2D eigenvalue weighted by molar-refractivity contribution is 7.91. The van der Waals surface area contributed by atoms with Crippen molar-refractivity contribution in [2.24, 2.45) is 0 Å². The van der Waals surface area contributed by atoms with E-state index < -0.39 is 9.84 Å². The number of hydrogen-bond acceptors (Lipinski definition) is 5. The highest BCUT2D eigenvalue weighted by atomic mass is 32.2. The molecule has 8 heteroatoms. The van der Waals surface area contributed by atoms with Crippen LogP contribution in [0.5, 0.6) is 5.75 Å². The number of carbonyl (C=O) groups excluding carboxylic acids is 1. The molecule has 1 aromatic rings. The predicted molar refractivity (Wildman–Crippen MR) is 105 cm³/mol. The van der Waals surface area contributed by atoms with Gasteiger partial charge in [0.25, 0.3) is 5.91 Å². The first-order chi connectivity index (χ1) is 12.8. The van der Waals surface area contributed by atoms with Crippen LogP contribution in [0.1, 0.15) is 20.3 Å². The molecular formula is C19H30N3O4S+. The van der Waals surface area contributed by atoms with Crippen LogP contribution in [0.25, 0.3) is 0 Å². The number of sulfone groups is 1. The zero-order chi connectivity index (χ0) is 19.6. The second-order valence-electron chi connectivity index (χ2n) is 7.54. The van der Waals surface area contributed by atoms with Crippen LogP contribution < -0.4 is 9.80 Å². The van der Waals surface area contributed by atoms with Crippen LogP contribution in [0, 0.1) is 0 Å². The van der Waals surface area contributed by atoms with Crippen LogP contribution in [-0.2, 0) is 14.6 Å². The summed E-state index contributed by atoms with van der Waals surface area (Å²) in [5.41, 5.74) is 0.835. The van der Waals surface area contributed by atoms with Crippen molar-refractivity contribution in [1.82, 2.24) is 4.90 Å². The van der Waals surface area contributed by atoms with E-state index in [9.17, 15) is 18.3 Å². The van der Waals surface area contributed by atoms with Crippen molar-refractivity contribution in [3.63, 3.8) is 0 Å². The Morgan fingerprint density at radius 1 is 1.33 bits per heavy atom. The molecule has 2 saturated heterocycles. The number of nitrogens with zero attached hydrogens (tertiary/aromatic N) is 2. The Bertz CT molecular complexity index is 775. The van der Waals surface area contributed by atoms with Gasteiger partial charge < -0.3 is 19.8 Å². The average Bonchev–Trinajstić information content (AvgIpc) is 3.01. The van der Waals surface area contributed by atoms with Crippen LogP contribution in [0.2, 0.25) is 0 Å². The molecule has 2 aliphatic rings. The van der Waals surface area contributed by atoms with Crippen molar-refractivity contribution in [1.29, 1.82) is 0 Å². The first kappa shape index (κ1) is 19.9. The standard InChI is InChI=1S/C19H29N3O4S/c1-3-22(16-8-13-27(25,26)14-16)19(24)15(2)20-9-11-21(12-10-20)17-6-4-5-7-18(17)23/h4-7,15-16,23H,3,8-14H2,1-2H3/p+1/t15-,16+/m0/s1. The topological polar surface area (TPSA) is 82.4 Å². The summed E-state index contributed by atoms with van der Waals surface area (Å²) in [5.74, 6) is 0.604. The van der Waals surface area contributed by atoms with Crippen molar-refractivity contribution in [3.8, 4) is 5.75 Å². The van der Waals surface area contributed by atoms with Gasteiger partial charge in [0, 0.05) is 12.6 Å². The van der Waals surface area contributed by atoms with Crippen molar-refractivity contribution in [2.45, 2.75) is 32.4 Å². The van der Waals surface area contributed by atoms with Crippen LogP contribution in [0.4, 0.5) is 5.69 Å². The maximum atomic E-state index is 13.0. The average molecular weight is 397 g/mol. The molecule has 0 spiro atoms. The smallest absolute Gasteiger partial charge is 0.280 e. The summed E-state index contributed by atoms with van der Waals surface area (Å²) >= 11 is 0. The zero-order valence-corrected chi connectivity index (χ0v) is 16.9. The van der Waals surface area contributed by atoms with E-state index >= 15 is 0 Å². The molecule has 7 nitrogen and oxygen atoms in total. The molecule has 2 aliphatic heterocycles. The third-order valence-corrected chi connectivity index (χ3v) is 7.63. The fourth-order valence-electron chi connectivity index (χ4n) is 4.24. The molecule has 0 aliphatic carbocycles. The van der Waals surface area contributed by atoms with E-state index in [4.69, 9.17) is 0 Å². The molecule has 0 radical (unpaired) electrons. The summed E-state index contributed by atoms with van der Waals surface area (Å²) in [4.78, 5) is 18.2. The molecule has 2 N–H and O–H groups in total. The van der Waals surface area contributed by atoms with Gasteiger partial charge in [-0.3, -0.25) is 4.79 Å². The number of aromatic hydroxyl groups is 1. The van der Waals surface area contributed by atoms with Gasteiger partial charge in [0.1, 0.15) is 5.75 Å². The maximum absolute atomic E-state index is 13.0. The second-order valence-corrected chi connectivity index (χ2v) is 9.77. The number of anilines is 1. The second kappa shape index (κ2) is 8.06. The highest BCUT2D eigenvalue weighted by Gasteiger charge is 2.38. The zero-order valence-electron chi connectivity index (χ0n) is 16.1. The fourth-order valence-corrected chi connectivity index (χ4v) is 5.97. The number of para-hydroxylation sites is 2. The minimum absolute atomic E-state index is 0.0469. The maximum Gasteiger partial charge on any atom is 0.280 e. The van der Waals surface area contributed by atoms with Crippen molar-refractivity contribution >= 4 is 21.4 Å². The summed E-state index contributed by atoms with van der Waals surface area (Å²) in [6.45, 7) is 7.56. The van der Waals surface area contributed by atoms with E-state index in [0.29, 0.717) is 13.0 Å². The van der Waals surface area contributed by atoms with Gasteiger partial charge in [-0.25, -0.2) is 8.42 Å². The third kappa shape index (κ3) is 4.38. The summed E-state index contributed by atoms with van der Waals surface area (Å²) in [6.07, 6.45) is 0.547. The molecule has 27 heavy (non-hydrogen) atoms. The number of rotatable bonds is 5. The van der Waals surface area contributed by atoms with Gasteiger partial charge in [0.05, 0.1) is 43.4 Å². The molecule has 2 atom stereocenters. The number of amides is 1. The summed E-state index contributed by atoms with van der Waals surface area (Å²) in [5, 5.41) is 10.0. The number of nitrogens with one attached hydrogen (secondary N) is 1. The Balaban J connectivity index is 1.60. The van der Waals surface area contributed by atoms with E-state index in [0.717, 1.165) is 31.9 Å². The lowest BCUT2D eigenvalue weighted by molar-refractivity contribution is -0.915. The van der Waals surface area contributed by atoms with Gasteiger partial charge in [0.2, 0.25) is 0 Å². The van der Waals surface area contributed by atoms with E-state index in [1.807, 2.05) is 32.0 Å². The number of phenolic OH excluding ortho intramolecular Hbond substituents is 1. The molecule has 1 amide bonds. The molecule has 1 aromatic carbocycles. The van der Waals surface area contributed by atoms with E-state index in [1.54, 1.807) is 11.0 Å². The Hall–Kier alpha value is -1.80. The Morgan fingerprint density at radius 2 is 2.00 bits per heavy atom. The first-order valence-corrected chi connectivity index (χ1v) is 11.5. The molecule has 0 unspecified atom stereocenters. The largest absolute Gasteiger partial charge is 0.506 e. The van der Waals surface area contributed by atoms with Gasteiger partial charge in [-0.2, -0.15) is 0 Å². The third-order valence-electron chi connectivity index (χ3n) is 5.88. The Morgan fingerprint density at radius 3 is 2.56 bits per heavy atom. The first-order valence-electron chi connectivity index (χ1n) is 9.71. The molecule has 0 bridgehead atoms. The van der Waals surface area contributed by atoms with E-state index in [2.05, 4.69) is 4.90 Å². The summed E-state index contributed by atoms with van der Waals surface area (Å²) in [7, 11) is -3.01. The number of quaternary nitrogens is 1. The number of benzene rings is 1. The lowest BCUT2D eigenvalue weighted by Crippen LogP contribution is -3.19. The molecular weight excluding hydrogens is 366 g/mol. The minimum atomic E-state index is -3.01. The number of carbonyl (C=O) groups is 1. The van der Waals surface area contributed by atoms with Gasteiger partial charge in [-0.1, -0.05) is 12.1 Å². The van der Waals surface area contributed by atoms with Crippen LogP contribution in [0.15, 0.2) is 24.3 Å². The lowest BCUT2D eigenvalue weighted by Gasteiger charge is -2.38. The molecule has 0 saturated carbocycles.